The molecular formula is C15H26N2O. The van der Waals surface area contributed by atoms with Crippen LogP contribution >= 0.6 is 0 Å². The largest absolute Gasteiger partial charge is 0.339 e. The van der Waals surface area contributed by atoms with E-state index in [1.807, 2.05) is 0 Å². The van der Waals surface area contributed by atoms with E-state index in [0.717, 1.165) is 25.6 Å². The molecule has 0 aromatic carbocycles. The summed E-state index contributed by atoms with van der Waals surface area (Å²) in [6, 6.07) is 0.579. The fourth-order valence-electron chi connectivity index (χ4n) is 4.03. The molecule has 3 heteroatoms. The van der Waals surface area contributed by atoms with Crippen LogP contribution in [0.3, 0.4) is 0 Å². The quantitative estimate of drug-likeness (QED) is 0.831. The van der Waals surface area contributed by atoms with Crippen molar-refractivity contribution in [1.82, 2.24) is 10.2 Å². The maximum atomic E-state index is 12.6. The van der Waals surface area contributed by atoms with Crippen LogP contribution in [0.1, 0.15) is 45.4 Å². The molecule has 18 heavy (non-hydrogen) atoms. The van der Waals surface area contributed by atoms with E-state index in [4.69, 9.17) is 0 Å². The normalized spacial score (nSPS) is 31.6. The van der Waals surface area contributed by atoms with E-state index < -0.39 is 0 Å². The highest BCUT2D eigenvalue weighted by Crippen LogP contribution is 2.36. The van der Waals surface area contributed by atoms with E-state index >= 15 is 0 Å². The number of likely N-dealkylation sites (tertiary alicyclic amines) is 1. The van der Waals surface area contributed by atoms with Crippen molar-refractivity contribution in [2.24, 2.45) is 17.8 Å². The lowest BCUT2D eigenvalue weighted by Gasteiger charge is -2.37. The van der Waals surface area contributed by atoms with E-state index in [-0.39, 0.29) is 5.92 Å². The predicted octanol–water partition coefficient (Wildman–Crippen LogP) is 2.02. The van der Waals surface area contributed by atoms with Gasteiger partial charge in [-0.25, -0.2) is 0 Å². The number of nitrogens with one attached hydrogen (secondary N) is 1. The van der Waals surface area contributed by atoms with Crippen LogP contribution in [0.15, 0.2) is 0 Å². The minimum Gasteiger partial charge on any atom is -0.339 e. The van der Waals surface area contributed by atoms with Crippen molar-refractivity contribution < 1.29 is 4.79 Å². The van der Waals surface area contributed by atoms with Gasteiger partial charge in [0, 0.05) is 18.5 Å². The molecule has 2 heterocycles. The zero-order valence-electron chi connectivity index (χ0n) is 11.5. The zero-order chi connectivity index (χ0) is 12.5. The standard InChI is InChI=1S/C15H26N2O/c1-11(13-9-16-10-13)15(18)17-8-4-7-14(17)12-5-2-3-6-12/h11-14,16H,2-10H2,1H3. The molecule has 1 amide bonds. The van der Waals surface area contributed by atoms with Crippen molar-refractivity contribution in [1.29, 1.82) is 0 Å². The fraction of sp³-hybridized carbons (Fsp3) is 0.933. The number of hydrogen-bond donors (Lipinski definition) is 1. The smallest absolute Gasteiger partial charge is 0.226 e. The summed E-state index contributed by atoms with van der Waals surface area (Å²) < 4.78 is 0. The molecule has 1 N–H and O–H groups in total. The highest BCUT2D eigenvalue weighted by Gasteiger charge is 2.39. The molecule has 3 nitrogen and oxygen atoms in total. The molecule has 3 rings (SSSR count). The molecule has 1 saturated carbocycles. The van der Waals surface area contributed by atoms with Crippen LogP contribution < -0.4 is 5.32 Å². The number of carbonyl (C=O) groups excluding carboxylic acids is 1. The van der Waals surface area contributed by atoms with Crippen LogP contribution in [0.5, 0.6) is 0 Å². The first-order valence-electron chi connectivity index (χ1n) is 7.78. The second-order valence-electron chi connectivity index (χ2n) is 6.49. The first-order valence-corrected chi connectivity index (χ1v) is 7.78. The third-order valence-corrected chi connectivity index (χ3v) is 5.44. The molecule has 2 atom stereocenters. The van der Waals surface area contributed by atoms with Crippen LogP contribution in [0.4, 0.5) is 0 Å². The molecule has 0 bridgehead atoms. The summed E-state index contributed by atoms with van der Waals surface area (Å²) in [7, 11) is 0. The maximum absolute atomic E-state index is 12.6. The molecule has 0 aromatic rings. The summed E-state index contributed by atoms with van der Waals surface area (Å²) in [6.07, 6.45) is 7.95. The van der Waals surface area contributed by atoms with E-state index in [0.29, 0.717) is 17.9 Å². The molecule has 1 aliphatic carbocycles. The van der Waals surface area contributed by atoms with Crippen LogP contribution in [-0.4, -0.2) is 36.5 Å². The van der Waals surface area contributed by atoms with Gasteiger partial charge >= 0.3 is 0 Å². The Morgan fingerprint density at radius 1 is 1.17 bits per heavy atom. The van der Waals surface area contributed by atoms with Crippen LogP contribution in [0, 0.1) is 17.8 Å². The Balaban J connectivity index is 1.63. The Bertz CT molecular complexity index is 308. The van der Waals surface area contributed by atoms with Gasteiger partial charge < -0.3 is 10.2 Å². The molecule has 2 aliphatic heterocycles. The fourth-order valence-corrected chi connectivity index (χ4v) is 4.03. The van der Waals surface area contributed by atoms with Crippen molar-refractivity contribution in [2.45, 2.75) is 51.5 Å². The summed E-state index contributed by atoms with van der Waals surface area (Å²) in [5.41, 5.74) is 0. The Morgan fingerprint density at radius 3 is 2.50 bits per heavy atom. The molecule has 2 saturated heterocycles. The molecular weight excluding hydrogens is 224 g/mol. The van der Waals surface area contributed by atoms with Crippen LogP contribution in [0.2, 0.25) is 0 Å². The first-order chi connectivity index (χ1) is 8.77. The number of rotatable bonds is 3. The predicted molar refractivity (Wildman–Crippen MR) is 72.2 cm³/mol. The second-order valence-corrected chi connectivity index (χ2v) is 6.49. The highest BCUT2D eigenvalue weighted by molar-refractivity contribution is 5.79. The SMILES string of the molecule is CC(C(=O)N1CCCC1C1CCCC1)C1CNC1. The van der Waals surface area contributed by atoms with Gasteiger partial charge in [0.2, 0.25) is 5.91 Å². The summed E-state index contributed by atoms with van der Waals surface area (Å²) in [6.45, 7) is 5.23. The van der Waals surface area contributed by atoms with Gasteiger partial charge in [-0.2, -0.15) is 0 Å². The highest BCUT2D eigenvalue weighted by atomic mass is 16.2. The third-order valence-electron chi connectivity index (χ3n) is 5.44. The van der Waals surface area contributed by atoms with Crippen LogP contribution in [0.25, 0.3) is 0 Å². The average molecular weight is 250 g/mol. The molecule has 2 unspecified atom stereocenters. The topological polar surface area (TPSA) is 32.3 Å². The lowest BCUT2D eigenvalue weighted by atomic mass is 9.87. The summed E-state index contributed by atoms with van der Waals surface area (Å²) in [4.78, 5) is 14.9. The molecule has 0 radical (unpaired) electrons. The van der Waals surface area contributed by atoms with Crippen molar-refractivity contribution in [3.8, 4) is 0 Å². The van der Waals surface area contributed by atoms with Crippen molar-refractivity contribution >= 4 is 5.91 Å². The lowest BCUT2D eigenvalue weighted by molar-refractivity contribution is -0.139. The monoisotopic (exact) mass is 250 g/mol. The van der Waals surface area contributed by atoms with Crippen molar-refractivity contribution in [2.75, 3.05) is 19.6 Å². The van der Waals surface area contributed by atoms with Gasteiger partial charge in [-0.1, -0.05) is 19.8 Å². The maximum Gasteiger partial charge on any atom is 0.226 e. The van der Waals surface area contributed by atoms with Gasteiger partial charge in [0.15, 0.2) is 0 Å². The lowest BCUT2D eigenvalue weighted by Crippen LogP contribution is -2.51. The van der Waals surface area contributed by atoms with Crippen LogP contribution in [-0.2, 0) is 4.79 Å². The number of carbonyl (C=O) groups is 1. The van der Waals surface area contributed by atoms with Gasteiger partial charge in [-0.05, 0) is 50.6 Å². The van der Waals surface area contributed by atoms with E-state index in [1.165, 1.54) is 38.5 Å². The van der Waals surface area contributed by atoms with Gasteiger partial charge in [0.25, 0.3) is 0 Å². The molecule has 102 valence electrons. The minimum atomic E-state index is 0.230. The Kier molecular flexibility index (Phi) is 3.60. The average Bonchev–Trinajstić information content (AvgIpc) is 2.95. The minimum absolute atomic E-state index is 0.230. The number of nitrogens with zero attached hydrogens (tertiary/aromatic N) is 1. The molecule has 0 spiro atoms. The Morgan fingerprint density at radius 2 is 1.89 bits per heavy atom. The van der Waals surface area contributed by atoms with Crippen molar-refractivity contribution in [3.05, 3.63) is 0 Å². The van der Waals surface area contributed by atoms with Gasteiger partial charge in [-0.15, -0.1) is 0 Å². The van der Waals surface area contributed by atoms with Crippen molar-refractivity contribution in [3.63, 3.8) is 0 Å². The van der Waals surface area contributed by atoms with E-state index in [9.17, 15) is 4.79 Å². The van der Waals surface area contributed by atoms with E-state index in [2.05, 4.69) is 17.1 Å². The first kappa shape index (κ1) is 12.5. The Labute approximate surface area is 110 Å². The summed E-state index contributed by atoms with van der Waals surface area (Å²) >= 11 is 0. The van der Waals surface area contributed by atoms with Gasteiger partial charge in [0.1, 0.15) is 0 Å². The van der Waals surface area contributed by atoms with Gasteiger partial charge in [-0.3, -0.25) is 4.79 Å². The number of hydrogen-bond acceptors (Lipinski definition) is 2. The summed E-state index contributed by atoms with van der Waals surface area (Å²) in [5.74, 6) is 2.06. The number of amides is 1. The zero-order valence-corrected chi connectivity index (χ0v) is 11.5. The third kappa shape index (κ3) is 2.18. The second kappa shape index (κ2) is 5.20. The molecule has 3 aliphatic rings. The van der Waals surface area contributed by atoms with Gasteiger partial charge in [0.05, 0.1) is 0 Å². The molecule has 3 fully saturated rings. The Hall–Kier alpha value is -0.570. The molecule has 0 aromatic heterocycles. The van der Waals surface area contributed by atoms with E-state index in [1.54, 1.807) is 0 Å². The summed E-state index contributed by atoms with van der Waals surface area (Å²) in [5, 5.41) is 3.28.